The molecule has 1 amide bonds. The monoisotopic (exact) mass is 251 g/mol. The molecule has 3 rings (SSSR count). The molecule has 6 heteroatoms. The van der Waals surface area contributed by atoms with Crippen molar-refractivity contribution in [1.29, 1.82) is 0 Å². The molecule has 2 unspecified atom stereocenters. The van der Waals surface area contributed by atoms with E-state index in [9.17, 15) is 4.79 Å². The Morgan fingerprint density at radius 2 is 2.06 bits per heavy atom. The van der Waals surface area contributed by atoms with Gasteiger partial charge in [-0.15, -0.1) is 0 Å². The Kier molecular flexibility index (Phi) is 2.93. The first-order chi connectivity index (χ1) is 8.74. The number of carbonyl (C=O) groups is 1. The van der Waals surface area contributed by atoms with Gasteiger partial charge in [0.05, 0.1) is 5.92 Å². The Hall–Kier alpha value is -1.59. The Labute approximate surface area is 105 Å². The lowest BCUT2D eigenvalue weighted by atomic mass is 9.86. The van der Waals surface area contributed by atoms with Gasteiger partial charge in [0.15, 0.2) is 5.82 Å². The fourth-order valence-electron chi connectivity index (χ4n) is 2.58. The maximum Gasteiger partial charge on any atom is 0.404 e. The first-order valence-corrected chi connectivity index (χ1v) is 6.53. The average molecular weight is 251 g/mol. The maximum absolute atomic E-state index is 10.9. The molecule has 18 heavy (non-hydrogen) atoms. The van der Waals surface area contributed by atoms with Crippen LogP contribution in [0.1, 0.15) is 62.1 Å². The Balaban J connectivity index is 1.75. The van der Waals surface area contributed by atoms with Crippen LogP contribution in [0, 0.1) is 0 Å². The molecule has 1 aromatic heterocycles. The minimum Gasteiger partial charge on any atom is -0.446 e. The topological polar surface area (TPSA) is 91.2 Å². The van der Waals surface area contributed by atoms with E-state index < -0.39 is 6.09 Å². The highest BCUT2D eigenvalue weighted by Crippen LogP contribution is 2.40. The highest BCUT2D eigenvalue weighted by atomic mass is 16.6. The van der Waals surface area contributed by atoms with Crippen LogP contribution < -0.4 is 5.73 Å². The van der Waals surface area contributed by atoms with Gasteiger partial charge in [-0.3, -0.25) is 0 Å². The van der Waals surface area contributed by atoms with Crippen molar-refractivity contribution in [2.45, 2.75) is 56.5 Å². The summed E-state index contributed by atoms with van der Waals surface area (Å²) in [5, 5.41) is 4.04. The van der Waals surface area contributed by atoms with Gasteiger partial charge >= 0.3 is 6.09 Å². The second-order valence-corrected chi connectivity index (χ2v) is 5.13. The largest absolute Gasteiger partial charge is 0.446 e. The summed E-state index contributed by atoms with van der Waals surface area (Å²) in [6.07, 6.45) is 5.21. The Morgan fingerprint density at radius 1 is 1.28 bits per heavy atom. The highest BCUT2D eigenvalue weighted by molar-refractivity contribution is 5.64. The summed E-state index contributed by atoms with van der Waals surface area (Å²) < 4.78 is 10.4. The van der Waals surface area contributed by atoms with Crippen LogP contribution in [0.2, 0.25) is 0 Å². The highest BCUT2D eigenvalue weighted by Gasteiger charge is 2.35. The van der Waals surface area contributed by atoms with Crippen molar-refractivity contribution >= 4 is 6.09 Å². The van der Waals surface area contributed by atoms with Gasteiger partial charge in [-0.25, -0.2) is 4.79 Å². The van der Waals surface area contributed by atoms with Crippen LogP contribution in [0.5, 0.6) is 0 Å². The van der Waals surface area contributed by atoms with Crippen molar-refractivity contribution in [1.82, 2.24) is 10.1 Å². The molecule has 2 aliphatic carbocycles. The number of hydrogen-bond donors (Lipinski definition) is 1. The van der Waals surface area contributed by atoms with E-state index in [4.69, 9.17) is 15.0 Å². The second kappa shape index (κ2) is 4.59. The lowest BCUT2D eigenvalue weighted by Crippen LogP contribution is -2.31. The minimum atomic E-state index is -0.724. The number of nitrogens with zero attached hydrogens (tertiary/aromatic N) is 2. The predicted octanol–water partition coefficient (Wildman–Crippen LogP) is 2.07. The number of amides is 1. The van der Waals surface area contributed by atoms with Crippen molar-refractivity contribution in [3.8, 4) is 0 Å². The average Bonchev–Trinajstić information content (AvgIpc) is 3.08. The van der Waals surface area contributed by atoms with Crippen LogP contribution in [0.15, 0.2) is 4.52 Å². The molecular weight excluding hydrogens is 234 g/mol. The van der Waals surface area contributed by atoms with Crippen LogP contribution in [0.4, 0.5) is 4.79 Å². The summed E-state index contributed by atoms with van der Waals surface area (Å²) >= 11 is 0. The third-order valence-electron chi connectivity index (χ3n) is 3.69. The van der Waals surface area contributed by atoms with Gasteiger partial charge in [0, 0.05) is 5.92 Å². The zero-order chi connectivity index (χ0) is 12.5. The molecule has 0 spiro atoms. The second-order valence-electron chi connectivity index (χ2n) is 5.13. The third kappa shape index (κ3) is 2.32. The van der Waals surface area contributed by atoms with Crippen LogP contribution >= 0.6 is 0 Å². The number of rotatable bonds is 3. The zero-order valence-electron chi connectivity index (χ0n) is 10.2. The molecule has 0 radical (unpaired) electrons. The van der Waals surface area contributed by atoms with Crippen molar-refractivity contribution in [2.24, 2.45) is 5.73 Å². The van der Waals surface area contributed by atoms with E-state index in [1.165, 1.54) is 0 Å². The first-order valence-electron chi connectivity index (χ1n) is 6.53. The fraction of sp³-hybridized carbons (Fsp3) is 0.750. The van der Waals surface area contributed by atoms with Gasteiger partial charge in [0.1, 0.15) is 6.10 Å². The van der Waals surface area contributed by atoms with Crippen molar-refractivity contribution < 1.29 is 14.1 Å². The van der Waals surface area contributed by atoms with Gasteiger partial charge in [-0.1, -0.05) is 11.6 Å². The summed E-state index contributed by atoms with van der Waals surface area (Å²) in [5.74, 6) is 1.88. The molecule has 0 aliphatic heterocycles. The molecule has 98 valence electrons. The van der Waals surface area contributed by atoms with Crippen molar-refractivity contribution in [2.75, 3.05) is 0 Å². The predicted molar refractivity (Wildman–Crippen MR) is 61.9 cm³/mol. The lowest BCUT2D eigenvalue weighted by molar-refractivity contribution is 0.0650. The molecule has 2 aliphatic rings. The van der Waals surface area contributed by atoms with E-state index in [2.05, 4.69) is 10.1 Å². The van der Waals surface area contributed by atoms with Crippen LogP contribution in [0.3, 0.4) is 0 Å². The normalized spacial score (nSPS) is 28.0. The number of hydrogen-bond acceptors (Lipinski definition) is 5. The zero-order valence-corrected chi connectivity index (χ0v) is 10.2. The fourth-order valence-corrected chi connectivity index (χ4v) is 2.58. The van der Waals surface area contributed by atoms with E-state index in [0.29, 0.717) is 11.7 Å². The molecule has 1 aromatic rings. The van der Waals surface area contributed by atoms with Crippen molar-refractivity contribution in [3.63, 3.8) is 0 Å². The van der Waals surface area contributed by atoms with Gasteiger partial charge in [-0.05, 0) is 32.1 Å². The van der Waals surface area contributed by atoms with Gasteiger partial charge in [0.25, 0.3) is 0 Å². The molecule has 2 saturated carbocycles. The quantitative estimate of drug-likeness (QED) is 0.887. The number of primary amides is 1. The maximum atomic E-state index is 10.9. The molecule has 2 fully saturated rings. The standard InChI is InChI=1S/C12H17N3O3/c13-12(16)17-9-4-2-1-3-8(9)10-14-11(18-15-10)7-5-6-7/h7-9H,1-6H2,(H2,13,16). The Morgan fingerprint density at radius 3 is 2.78 bits per heavy atom. The molecule has 6 nitrogen and oxygen atoms in total. The van der Waals surface area contributed by atoms with Crippen LogP contribution in [-0.2, 0) is 4.74 Å². The van der Waals surface area contributed by atoms with E-state index in [-0.39, 0.29) is 12.0 Å². The van der Waals surface area contributed by atoms with E-state index in [0.717, 1.165) is 44.4 Å². The third-order valence-corrected chi connectivity index (χ3v) is 3.69. The molecule has 2 atom stereocenters. The molecule has 0 aromatic carbocycles. The summed E-state index contributed by atoms with van der Waals surface area (Å²) in [6.45, 7) is 0. The van der Waals surface area contributed by atoms with E-state index in [1.807, 2.05) is 0 Å². The smallest absolute Gasteiger partial charge is 0.404 e. The Bertz CT molecular complexity index is 442. The van der Waals surface area contributed by atoms with Gasteiger partial charge in [0.2, 0.25) is 5.89 Å². The van der Waals surface area contributed by atoms with E-state index >= 15 is 0 Å². The van der Waals surface area contributed by atoms with Gasteiger partial charge < -0.3 is 15.0 Å². The summed E-state index contributed by atoms with van der Waals surface area (Å²) in [6, 6.07) is 0. The summed E-state index contributed by atoms with van der Waals surface area (Å²) in [5.41, 5.74) is 5.10. The SMILES string of the molecule is NC(=O)OC1CCCCC1c1noc(C2CC2)n1. The molecular formula is C12H17N3O3. The number of carbonyl (C=O) groups excluding carboxylic acids is 1. The minimum absolute atomic E-state index is 0.0301. The van der Waals surface area contributed by atoms with Crippen LogP contribution in [0.25, 0.3) is 0 Å². The number of ether oxygens (including phenoxy) is 1. The molecule has 0 bridgehead atoms. The summed E-state index contributed by atoms with van der Waals surface area (Å²) in [4.78, 5) is 15.3. The lowest BCUT2D eigenvalue weighted by Gasteiger charge is -2.28. The first kappa shape index (κ1) is 11.5. The number of aromatic nitrogens is 2. The van der Waals surface area contributed by atoms with Gasteiger partial charge in [-0.2, -0.15) is 4.98 Å². The summed E-state index contributed by atoms with van der Waals surface area (Å²) in [7, 11) is 0. The number of nitrogens with two attached hydrogens (primary N) is 1. The molecule has 2 N–H and O–H groups in total. The van der Waals surface area contributed by atoms with Crippen LogP contribution in [-0.4, -0.2) is 22.3 Å². The molecule has 1 heterocycles. The molecule has 0 saturated heterocycles. The van der Waals surface area contributed by atoms with Crippen molar-refractivity contribution in [3.05, 3.63) is 11.7 Å². The van der Waals surface area contributed by atoms with E-state index in [1.54, 1.807) is 0 Å².